The summed E-state index contributed by atoms with van der Waals surface area (Å²) in [6.45, 7) is 9.02. The first-order valence-electron chi connectivity index (χ1n) is 10.3. The topological polar surface area (TPSA) is 106 Å². The molecule has 0 aliphatic rings. The molecular weight excluding hydrogens is 390 g/mol. The van der Waals surface area contributed by atoms with Crippen molar-refractivity contribution in [2.24, 2.45) is 0 Å². The van der Waals surface area contributed by atoms with Crippen molar-refractivity contribution >= 4 is 5.91 Å². The number of ether oxygens (including phenoxy) is 4. The van der Waals surface area contributed by atoms with E-state index in [-0.39, 0.29) is 30.6 Å². The maximum atomic E-state index is 12.2. The smallest absolute Gasteiger partial charge is 0.251 e. The number of phenols is 1. The van der Waals surface area contributed by atoms with Gasteiger partial charge in [0, 0.05) is 12.1 Å². The van der Waals surface area contributed by atoms with Gasteiger partial charge < -0.3 is 34.5 Å². The third kappa shape index (κ3) is 12.4. The number of benzene rings is 1. The van der Waals surface area contributed by atoms with Crippen molar-refractivity contribution in [1.82, 2.24) is 5.32 Å². The normalized spacial score (nSPS) is 10.7. The average molecular weight is 426 g/mol. The fourth-order valence-corrected chi connectivity index (χ4v) is 2.44. The summed E-state index contributed by atoms with van der Waals surface area (Å²) in [5, 5.41) is 21.4. The lowest BCUT2D eigenvalue weighted by atomic mass is 10.1. The van der Waals surface area contributed by atoms with E-state index >= 15 is 0 Å². The van der Waals surface area contributed by atoms with Crippen LogP contribution in [0.25, 0.3) is 0 Å². The molecule has 0 fully saturated rings. The summed E-state index contributed by atoms with van der Waals surface area (Å²) >= 11 is 0. The number of hydrogen-bond donors (Lipinski definition) is 3. The first-order chi connectivity index (χ1) is 14.5. The second kappa shape index (κ2) is 16.6. The van der Waals surface area contributed by atoms with Gasteiger partial charge in [-0.1, -0.05) is 5.57 Å². The highest BCUT2D eigenvalue weighted by Gasteiger charge is 2.10. The maximum Gasteiger partial charge on any atom is 0.251 e. The van der Waals surface area contributed by atoms with Gasteiger partial charge in [0.2, 0.25) is 0 Å². The Hall–Kier alpha value is -2.13. The highest BCUT2D eigenvalue weighted by atomic mass is 16.6. The largest absolute Gasteiger partial charge is 0.504 e. The number of aromatic hydroxyl groups is 1. The Morgan fingerprint density at radius 3 is 2.27 bits per heavy atom. The van der Waals surface area contributed by atoms with Crippen LogP contribution in [0, 0.1) is 0 Å². The van der Waals surface area contributed by atoms with Crippen LogP contribution < -0.4 is 10.1 Å². The van der Waals surface area contributed by atoms with E-state index in [0.29, 0.717) is 51.7 Å². The van der Waals surface area contributed by atoms with Gasteiger partial charge in [0.05, 0.1) is 46.2 Å². The number of carbonyl (C=O) groups excluding carboxylic acids is 1. The molecule has 0 spiro atoms. The van der Waals surface area contributed by atoms with Crippen LogP contribution in [0.2, 0.25) is 0 Å². The molecule has 30 heavy (non-hydrogen) atoms. The number of hydrogen-bond acceptors (Lipinski definition) is 7. The molecule has 0 atom stereocenters. The minimum Gasteiger partial charge on any atom is -0.504 e. The Labute approximate surface area is 178 Å². The van der Waals surface area contributed by atoms with Gasteiger partial charge in [-0.2, -0.15) is 0 Å². The van der Waals surface area contributed by atoms with Gasteiger partial charge in [0.1, 0.15) is 6.61 Å². The number of aliphatic hydroxyl groups excluding tert-OH is 1. The van der Waals surface area contributed by atoms with Crippen LogP contribution in [0.1, 0.15) is 36.5 Å². The third-order valence-electron chi connectivity index (χ3n) is 4.00. The van der Waals surface area contributed by atoms with Crippen LogP contribution >= 0.6 is 0 Å². The standard InChI is InChI=1S/C22H35NO7/c1-18(2)5-3-4-8-23-22(26)19-6-7-20(25)21(17-19)30-16-15-29-14-13-28-12-11-27-10-9-24/h6-7,17,24-25H,1,3-5,8-16H2,2H3,(H,23,26). The predicted octanol–water partition coefficient (Wildman–Crippen LogP) is 2.29. The monoisotopic (exact) mass is 425 g/mol. The van der Waals surface area contributed by atoms with Crippen LogP contribution in [0.15, 0.2) is 30.4 Å². The van der Waals surface area contributed by atoms with Crippen molar-refractivity contribution in [2.75, 3.05) is 59.4 Å². The molecule has 0 aromatic heterocycles. The summed E-state index contributed by atoms with van der Waals surface area (Å²) in [6.07, 6.45) is 2.83. The summed E-state index contributed by atoms with van der Waals surface area (Å²) in [4.78, 5) is 12.2. The van der Waals surface area contributed by atoms with Crippen molar-refractivity contribution in [3.63, 3.8) is 0 Å². The van der Waals surface area contributed by atoms with E-state index in [4.69, 9.17) is 24.1 Å². The Morgan fingerprint density at radius 2 is 1.63 bits per heavy atom. The molecule has 0 saturated carbocycles. The van der Waals surface area contributed by atoms with Gasteiger partial charge in [-0.05, 0) is 44.4 Å². The second-order valence-corrected chi connectivity index (χ2v) is 6.76. The van der Waals surface area contributed by atoms with Gasteiger partial charge in [-0.3, -0.25) is 4.79 Å². The zero-order valence-electron chi connectivity index (χ0n) is 17.9. The zero-order valence-corrected chi connectivity index (χ0v) is 17.9. The van der Waals surface area contributed by atoms with E-state index in [1.54, 1.807) is 6.07 Å². The molecule has 8 nitrogen and oxygen atoms in total. The molecule has 0 heterocycles. The van der Waals surface area contributed by atoms with Gasteiger partial charge in [-0.25, -0.2) is 0 Å². The lowest BCUT2D eigenvalue weighted by Crippen LogP contribution is -2.24. The molecule has 0 aliphatic carbocycles. The number of allylic oxidation sites excluding steroid dienone is 1. The summed E-state index contributed by atoms with van der Waals surface area (Å²) < 4.78 is 21.3. The molecule has 0 saturated heterocycles. The van der Waals surface area contributed by atoms with Crippen LogP contribution in [-0.4, -0.2) is 75.5 Å². The Balaban J connectivity index is 2.20. The minimum atomic E-state index is -0.202. The first kappa shape index (κ1) is 25.9. The third-order valence-corrected chi connectivity index (χ3v) is 4.00. The minimum absolute atomic E-state index is 0.00207. The molecule has 0 aliphatic heterocycles. The van der Waals surface area contributed by atoms with Crippen molar-refractivity contribution in [3.05, 3.63) is 35.9 Å². The van der Waals surface area contributed by atoms with E-state index < -0.39 is 0 Å². The number of carbonyl (C=O) groups is 1. The van der Waals surface area contributed by atoms with Crippen LogP contribution in [0.3, 0.4) is 0 Å². The van der Waals surface area contributed by atoms with Crippen molar-refractivity contribution in [1.29, 1.82) is 0 Å². The molecular formula is C22H35NO7. The SMILES string of the molecule is C=C(C)CCCCNC(=O)c1ccc(O)c(OCCOCCOCCOCCO)c1. The van der Waals surface area contributed by atoms with E-state index in [9.17, 15) is 9.90 Å². The molecule has 1 amide bonds. The van der Waals surface area contributed by atoms with Gasteiger partial charge in [0.15, 0.2) is 11.5 Å². The fraction of sp³-hybridized carbons (Fsp3) is 0.591. The first-order valence-corrected chi connectivity index (χ1v) is 10.3. The number of aliphatic hydroxyl groups is 1. The van der Waals surface area contributed by atoms with Gasteiger partial charge in [0.25, 0.3) is 5.91 Å². The Morgan fingerprint density at radius 1 is 1.00 bits per heavy atom. The van der Waals surface area contributed by atoms with Crippen molar-refractivity contribution in [3.8, 4) is 11.5 Å². The predicted molar refractivity (Wildman–Crippen MR) is 114 cm³/mol. The number of phenolic OH excluding ortho intramolecular Hbond substituents is 1. The summed E-state index contributed by atoms with van der Waals surface area (Å²) in [5.74, 6) is 0.0107. The van der Waals surface area contributed by atoms with Crippen molar-refractivity contribution in [2.45, 2.75) is 26.2 Å². The van der Waals surface area contributed by atoms with E-state index in [2.05, 4.69) is 11.9 Å². The van der Waals surface area contributed by atoms with E-state index in [0.717, 1.165) is 24.8 Å². The molecule has 1 aromatic rings. The molecule has 170 valence electrons. The van der Waals surface area contributed by atoms with Gasteiger partial charge in [-0.15, -0.1) is 6.58 Å². The maximum absolute atomic E-state index is 12.2. The van der Waals surface area contributed by atoms with E-state index in [1.165, 1.54) is 12.1 Å². The Bertz CT molecular complexity index is 622. The summed E-state index contributed by atoms with van der Waals surface area (Å²) in [6, 6.07) is 4.52. The number of nitrogens with one attached hydrogen (secondary N) is 1. The number of unbranched alkanes of at least 4 members (excludes halogenated alkanes) is 1. The quantitative estimate of drug-likeness (QED) is 0.245. The number of rotatable bonds is 18. The summed E-state index contributed by atoms with van der Waals surface area (Å²) in [5.41, 5.74) is 1.57. The molecule has 0 bridgehead atoms. The van der Waals surface area contributed by atoms with Crippen LogP contribution in [0.5, 0.6) is 11.5 Å². The highest BCUT2D eigenvalue weighted by molar-refractivity contribution is 5.94. The second-order valence-electron chi connectivity index (χ2n) is 6.76. The summed E-state index contributed by atoms with van der Waals surface area (Å²) in [7, 11) is 0. The lowest BCUT2D eigenvalue weighted by Gasteiger charge is -2.11. The van der Waals surface area contributed by atoms with E-state index in [1.807, 2.05) is 6.92 Å². The molecule has 1 rings (SSSR count). The molecule has 1 aromatic carbocycles. The fourth-order valence-electron chi connectivity index (χ4n) is 2.44. The molecule has 8 heteroatoms. The van der Waals surface area contributed by atoms with Gasteiger partial charge >= 0.3 is 0 Å². The van der Waals surface area contributed by atoms with Crippen molar-refractivity contribution < 1.29 is 34.0 Å². The number of amides is 1. The lowest BCUT2D eigenvalue weighted by molar-refractivity contribution is 0.00351. The molecule has 3 N–H and O–H groups in total. The Kier molecular flexibility index (Phi) is 14.4. The zero-order chi connectivity index (χ0) is 22.0. The van der Waals surface area contributed by atoms with Crippen LogP contribution in [-0.2, 0) is 14.2 Å². The molecule has 0 unspecified atom stereocenters. The average Bonchev–Trinajstić information content (AvgIpc) is 2.72. The highest BCUT2D eigenvalue weighted by Crippen LogP contribution is 2.26. The molecule has 0 radical (unpaired) electrons. The van der Waals surface area contributed by atoms with Crippen LogP contribution in [0.4, 0.5) is 0 Å².